The molecule has 1 aromatic heterocycles. The zero-order chi connectivity index (χ0) is 22.9. The third kappa shape index (κ3) is 16.1. The molecule has 1 aromatic rings. The number of hydrogen-bond donors (Lipinski definition) is 0. The molecule has 6 nitrogen and oxygen atoms in total. The Morgan fingerprint density at radius 2 is 1.83 bits per heavy atom. The van der Waals surface area contributed by atoms with E-state index < -0.39 is 0 Å². The van der Waals surface area contributed by atoms with Crippen LogP contribution in [-0.4, -0.2) is 54.2 Å². The smallest absolute Gasteiger partial charge is 0.357 e. The average Bonchev–Trinajstić information content (AvgIpc) is 3.15. The van der Waals surface area contributed by atoms with Crippen LogP contribution in [0.3, 0.4) is 0 Å². The maximum absolute atomic E-state index is 11.2. The molecule has 0 fully saturated rings. The predicted molar refractivity (Wildman–Crippen MR) is 122 cm³/mol. The third-order valence-corrected chi connectivity index (χ3v) is 4.80. The molecule has 1 heterocycles. The standard InChI is InChI=1S/C9H13NO2S.C8H17NO.C5H12O/c1-3-5-8-10-7(6-13-8)9(11)12-4-2;1-4-6-9(7-10)8(3)5-2;1-5(2,3)6-4/h6H,3-5H2,1-2H3;7-8H,4-6H2,1-3H3;1-4H3. The van der Waals surface area contributed by atoms with Crippen LogP contribution in [0.2, 0.25) is 0 Å². The Balaban J connectivity index is 0. The topological polar surface area (TPSA) is 68.7 Å². The number of thiazole rings is 1. The zero-order valence-corrected chi connectivity index (χ0v) is 20.7. The molecule has 0 aromatic carbocycles. The van der Waals surface area contributed by atoms with E-state index in [1.165, 1.54) is 11.3 Å². The number of methoxy groups -OCH3 is 1. The largest absolute Gasteiger partial charge is 0.461 e. The molecule has 29 heavy (non-hydrogen) atoms. The first-order chi connectivity index (χ1) is 13.6. The first-order valence-corrected chi connectivity index (χ1v) is 11.4. The van der Waals surface area contributed by atoms with Crippen molar-refractivity contribution in [2.75, 3.05) is 20.3 Å². The number of rotatable bonds is 9. The van der Waals surface area contributed by atoms with E-state index >= 15 is 0 Å². The van der Waals surface area contributed by atoms with Crippen molar-refractivity contribution in [1.29, 1.82) is 0 Å². The molecule has 0 aliphatic rings. The quantitative estimate of drug-likeness (QED) is 0.390. The van der Waals surface area contributed by atoms with Gasteiger partial charge in [0.2, 0.25) is 6.41 Å². The third-order valence-electron chi connectivity index (χ3n) is 3.89. The number of aromatic nitrogens is 1. The molecule has 0 bridgehead atoms. The highest BCUT2D eigenvalue weighted by Crippen LogP contribution is 2.12. The molecule has 170 valence electrons. The second-order valence-corrected chi connectivity index (χ2v) is 8.46. The monoisotopic (exact) mass is 430 g/mol. The fraction of sp³-hybridized carbons (Fsp3) is 0.773. The Kier molecular flexibility index (Phi) is 17.8. The van der Waals surface area contributed by atoms with E-state index in [1.807, 2.05) is 25.7 Å². The van der Waals surface area contributed by atoms with E-state index in [0.29, 0.717) is 18.3 Å². The van der Waals surface area contributed by atoms with Crippen molar-refractivity contribution in [1.82, 2.24) is 9.88 Å². The number of amides is 1. The van der Waals surface area contributed by atoms with Crippen molar-refractivity contribution in [3.63, 3.8) is 0 Å². The summed E-state index contributed by atoms with van der Waals surface area (Å²) < 4.78 is 9.76. The van der Waals surface area contributed by atoms with Gasteiger partial charge in [0.05, 0.1) is 17.2 Å². The zero-order valence-electron chi connectivity index (χ0n) is 19.9. The minimum atomic E-state index is -0.318. The summed E-state index contributed by atoms with van der Waals surface area (Å²) in [6, 6.07) is 0.400. The molecule has 1 amide bonds. The number of esters is 1. The van der Waals surface area contributed by atoms with Gasteiger partial charge >= 0.3 is 5.97 Å². The number of carbonyl (C=O) groups excluding carboxylic acids is 2. The van der Waals surface area contributed by atoms with Gasteiger partial charge in [0.25, 0.3) is 0 Å². The lowest BCUT2D eigenvalue weighted by molar-refractivity contribution is -0.120. The molecule has 1 rings (SSSR count). The Hall–Kier alpha value is -1.47. The molecule has 0 aliphatic carbocycles. The van der Waals surface area contributed by atoms with E-state index in [4.69, 9.17) is 9.47 Å². The highest BCUT2D eigenvalue weighted by Gasteiger charge is 2.10. The summed E-state index contributed by atoms with van der Waals surface area (Å²) in [5, 5.41) is 2.76. The van der Waals surface area contributed by atoms with Crippen molar-refractivity contribution in [2.45, 2.75) is 92.7 Å². The summed E-state index contributed by atoms with van der Waals surface area (Å²) in [5.74, 6) is -0.318. The van der Waals surface area contributed by atoms with E-state index in [0.717, 1.165) is 43.6 Å². The molecule has 0 saturated heterocycles. The lowest BCUT2D eigenvalue weighted by atomic mass is 10.2. The lowest BCUT2D eigenvalue weighted by Gasteiger charge is -2.22. The van der Waals surface area contributed by atoms with Crippen LogP contribution >= 0.6 is 11.3 Å². The molecule has 0 N–H and O–H groups in total. The van der Waals surface area contributed by atoms with Gasteiger partial charge in [0, 0.05) is 25.1 Å². The van der Waals surface area contributed by atoms with Gasteiger partial charge in [-0.2, -0.15) is 0 Å². The Morgan fingerprint density at radius 1 is 1.24 bits per heavy atom. The van der Waals surface area contributed by atoms with Crippen LogP contribution in [0.5, 0.6) is 0 Å². The van der Waals surface area contributed by atoms with Gasteiger partial charge in [-0.3, -0.25) is 4.79 Å². The van der Waals surface area contributed by atoms with Crippen LogP contribution in [0.25, 0.3) is 0 Å². The summed E-state index contributed by atoms with van der Waals surface area (Å²) >= 11 is 1.52. The Morgan fingerprint density at radius 3 is 2.21 bits per heavy atom. The van der Waals surface area contributed by atoms with Gasteiger partial charge in [-0.15, -0.1) is 11.3 Å². The predicted octanol–water partition coefficient (Wildman–Crippen LogP) is 5.36. The number of carbonyl (C=O) groups is 2. The van der Waals surface area contributed by atoms with Crippen LogP contribution in [-0.2, 0) is 20.7 Å². The molecule has 1 atom stereocenters. The Labute approximate surface area is 182 Å². The second kappa shape index (κ2) is 17.4. The molecule has 1 unspecified atom stereocenters. The van der Waals surface area contributed by atoms with Crippen LogP contribution in [0, 0.1) is 0 Å². The SMILES string of the molecule is CCCN(C=O)C(C)CC.CCCc1nc(C(=O)OCC)cs1.COC(C)(C)C. The number of hydrogen-bond acceptors (Lipinski definition) is 6. The molecular formula is C22H42N2O4S. The van der Waals surface area contributed by atoms with E-state index in [9.17, 15) is 9.59 Å². The van der Waals surface area contributed by atoms with Crippen molar-refractivity contribution in [3.8, 4) is 0 Å². The van der Waals surface area contributed by atoms with Crippen LogP contribution in [0.15, 0.2) is 5.38 Å². The molecule has 7 heteroatoms. The van der Waals surface area contributed by atoms with Gasteiger partial charge in [-0.1, -0.05) is 20.8 Å². The Bertz CT molecular complexity index is 541. The van der Waals surface area contributed by atoms with Crippen LogP contribution < -0.4 is 0 Å². The summed E-state index contributed by atoms with van der Waals surface area (Å²) in [7, 11) is 1.71. The number of ether oxygens (including phenoxy) is 2. The van der Waals surface area contributed by atoms with Crippen LogP contribution in [0.4, 0.5) is 0 Å². The van der Waals surface area contributed by atoms with Crippen molar-refractivity contribution < 1.29 is 19.1 Å². The maximum atomic E-state index is 11.2. The van der Waals surface area contributed by atoms with Gasteiger partial charge in [-0.05, 0) is 60.3 Å². The first kappa shape index (κ1) is 29.7. The number of aryl methyl sites for hydroxylation is 1. The van der Waals surface area contributed by atoms with Crippen molar-refractivity contribution in [3.05, 3.63) is 16.1 Å². The van der Waals surface area contributed by atoms with Gasteiger partial charge in [0.1, 0.15) is 0 Å². The molecule has 0 radical (unpaired) electrons. The molecular weight excluding hydrogens is 388 g/mol. The lowest BCUT2D eigenvalue weighted by Crippen LogP contribution is -2.31. The van der Waals surface area contributed by atoms with Gasteiger partial charge < -0.3 is 14.4 Å². The second-order valence-electron chi connectivity index (χ2n) is 7.51. The molecule has 0 aliphatic heterocycles. The van der Waals surface area contributed by atoms with Gasteiger partial charge in [0.15, 0.2) is 5.69 Å². The highest BCUT2D eigenvalue weighted by atomic mass is 32.1. The normalized spacial score (nSPS) is 11.3. The minimum Gasteiger partial charge on any atom is -0.461 e. The van der Waals surface area contributed by atoms with Gasteiger partial charge in [-0.25, -0.2) is 9.78 Å². The fourth-order valence-corrected chi connectivity index (χ4v) is 2.68. The maximum Gasteiger partial charge on any atom is 0.357 e. The first-order valence-electron chi connectivity index (χ1n) is 10.5. The van der Waals surface area contributed by atoms with E-state index in [2.05, 4.69) is 32.7 Å². The molecule has 0 spiro atoms. The summed E-state index contributed by atoms with van der Waals surface area (Å²) in [5.41, 5.74) is 0.482. The average molecular weight is 431 g/mol. The minimum absolute atomic E-state index is 0.0417. The highest BCUT2D eigenvalue weighted by molar-refractivity contribution is 7.09. The van der Waals surface area contributed by atoms with E-state index in [-0.39, 0.29) is 11.6 Å². The summed E-state index contributed by atoms with van der Waals surface area (Å²) in [6.45, 7) is 17.5. The fourth-order valence-electron chi connectivity index (χ4n) is 1.81. The summed E-state index contributed by atoms with van der Waals surface area (Å²) in [6.07, 6.45) is 5.01. The summed E-state index contributed by atoms with van der Waals surface area (Å²) in [4.78, 5) is 27.6. The van der Waals surface area contributed by atoms with E-state index in [1.54, 1.807) is 19.4 Å². The number of nitrogens with zero attached hydrogens (tertiary/aromatic N) is 2. The van der Waals surface area contributed by atoms with Crippen molar-refractivity contribution in [2.24, 2.45) is 0 Å². The van der Waals surface area contributed by atoms with Crippen LogP contribution in [0.1, 0.15) is 90.1 Å². The van der Waals surface area contributed by atoms with Crippen molar-refractivity contribution >= 4 is 23.7 Å². The molecule has 0 saturated carbocycles.